The van der Waals surface area contributed by atoms with Crippen LogP contribution in [0, 0.1) is 21.7 Å². The Hall–Kier alpha value is -1.56. The van der Waals surface area contributed by atoms with E-state index in [1.54, 1.807) is 13.8 Å². The number of nitrogens with zero attached hydrogens (tertiary/aromatic N) is 1. The molecule has 94 valence electrons. The lowest BCUT2D eigenvalue weighted by molar-refractivity contribution is -0.386. The molecule has 0 saturated heterocycles. The third-order valence-corrected chi connectivity index (χ3v) is 2.73. The van der Waals surface area contributed by atoms with E-state index in [9.17, 15) is 18.9 Å². The zero-order chi connectivity index (χ0) is 13.2. The zero-order valence-electron chi connectivity index (χ0n) is 9.67. The average molecular weight is 244 g/mol. The van der Waals surface area contributed by atoms with Gasteiger partial charge in [0.25, 0.3) is 5.69 Å². The quantitative estimate of drug-likeness (QED) is 0.653. The predicted molar refractivity (Wildman–Crippen MR) is 59.7 cm³/mol. The van der Waals surface area contributed by atoms with Gasteiger partial charge in [-0.25, -0.2) is 8.78 Å². The summed E-state index contributed by atoms with van der Waals surface area (Å²) < 4.78 is 26.2. The van der Waals surface area contributed by atoms with Crippen molar-refractivity contribution in [2.75, 3.05) is 6.54 Å². The molecule has 0 spiro atoms. The summed E-state index contributed by atoms with van der Waals surface area (Å²) in [5, 5.41) is 10.8. The molecule has 0 saturated carbocycles. The highest BCUT2D eigenvalue weighted by Gasteiger charge is 2.30. The van der Waals surface area contributed by atoms with Crippen LogP contribution in [0.3, 0.4) is 0 Å². The zero-order valence-corrected chi connectivity index (χ0v) is 9.67. The molecule has 0 bridgehead atoms. The molecule has 0 amide bonds. The second-order valence-electron chi connectivity index (χ2n) is 4.46. The molecule has 0 aliphatic heterocycles. The van der Waals surface area contributed by atoms with Crippen LogP contribution in [0.5, 0.6) is 0 Å². The first-order valence-corrected chi connectivity index (χ1v) is 5.13. The fourth-order valence-corrected chi connectivity index (χ4v) is 1.72. The molecule has 2 N–H and O–H groups in total. The number of nitro benzene ring substituents is 1. The van der Waals surface area contributed by atoms with Gasteiger partial charge < -0.3 is 5.73 Å². The minimum absolute atomic E-state index is 0.159. The maximum atomic E-state index is 13.2. The van der Waals surface area contributed by atoms with Crippen molar-refractivity contribution >= 4 is 5.69 Å². The van der Waals surface area contributed by atoms with Crippen molar-refractivity contribution < 1.29 is 13.7 Å². The lowest BCUT2D eigenvalue weighted by Gasteiger charge is -2.24. The lowest BCUT2D eigenvalue weighted by Crippen LogP contribution is -2.23. The molecule has 1 aromatic carbocycles. The highest BCUT2D eigenvalue weighted by atomic mass is 19.2. The first-order valence-electron chi connectivity index (χ1n) is 5.13. The van der Waals surface area contributed by atoms with Crippen LogP contribution in [0.15, 0.2) is 12.1 Å². The third-order valence-electron chi connectivity index (χ3n) is 2.73. The molecule has 1 aromatic rings. The predicted octanol–water partition coefficient (Wildman–Crippen LogP) is 2.50. The van der Waals surface area contributed by atoms with E-state index in [0.29, 0.717) is 19.0 Å². The van der Waals surface area contributed by atoms with Crippen LogP contribution in [-0.2, 0) is 5.41 Å². The standard InChI is InChI=1S/C11H14F2N2O2/c1-11(2,3-4-14)7-5-8(12)9(13)6-10(7)15(16)17/h5-6H,3-4,14H2,1-2H3. The molecule has 1 rings (SSSR count). The van der Waals surface area contributed by atoms with Gasteiger partial charge in [0.15, 0.2) is 11.6 Å². The van der Waals surface area contributed by atoms with E-state index in [4.69, 9.17) is 5.73 Å². The van der Waals surface area contributed by atoms with E-state index in [2.05, 4.69) is 0 Å². The maximum absolute atomic E-state index is 13.2. The van der Waals surface area contributed by atoms with Crippen molar-refractivity contribution in [3.8, 4) is 0 Å². The van der Waals surface area contributed by atoms with Crippen LogP contribution in [0.1, 0.15) is 25.8 Å². The van der Waals surface area contributed by atoms with Crippen molar-refractivity contribution in [2.45, 2.75) is 25.7 Å². The summed E-state index contributed by atoms with van der Waals surface area (Å²) in [6.45, 7) is 3.72. The Morgan fingerprint density at radius 3 is 2.35 bits per heavy atom. The Kier molecular flexibility index (Phi) is 3.77. The summed E-state index contributed by atoms with van der Waals surface area (Å²) >= 11 is 0. The first-order chi connectivity index (χ1) is 7.79. The van der Waals surface area contributed by atoms with Crippen LogP contribution in [0.25, 0.3) is 0 Å². The van der Waals surface area contributed by atoms with Crippen molar-refractivity contribution in [2.24, 2.45) is 5.73 Å². The van der Waals surface area contributed by atoms with Crippen molar-refractivity contribution in [3.63, 3.8) is 0 Å². The second kappa shape index (κ2) is 4.75. The van der Waals surface area contributed by atoms with Gasteiger partial charge in [0.2, 0.25) is 0 Å². The van der Waals surface area contributed by atoms with Gasteiger partial charge in [-0.3, -0.25) is 10.1 Å². The second-order valence-corrected chi connectivity index (χ2v) is 4.46. The Morgan fingerprint density at radius 2 is 1.88 bits per heavy atom. The van der Waals surface area contributed by atoms with Gasteiger partial charge in [-0.15, -0.1) is 0 Å². The van der Waals surface area contributed by atoms with Gasteiger partial charge in [0.1, 0.15) is 0 Å². The van der Waals surface area contributed by atoms with Crippen LogP contribution in [-0.4, -0.2) is 11.5 Å². The van der Waals surface area contributed by atoms with Crippen LogP contribution in [0.4, 0.5) is 14.5 Å². The molecule has 0 atom stereocenters. The van der Waals surface area contributed by atoms with E-state index in [0.717, 1.165) is 6.07 Å². The number of benzene rings is 1. The third kappa shape index (κ3) is 2.76. The van der Waals surface area contributed by atoms with E-state index in [1.165, 1.54) is 0 Å². The average Bonchev–Trinajstić information content (AvgIpc) is 2.20. The molecule has 6 heteroatoms. The summed E-state index contributed by atoms with van der Waals surface area (Å²) in [6, 6.07) is 1.49. The summed E-state index contributed by atoms with van der Waals surface area (Å²) in [6.07, 6.45) is 0.443. The first kappa shape index (κ1) is 13.5. The van der Waals surface area contributed by atoms with Gasteiger partial charge in [-0.2, -0.15) is 0 Å². The Bertz CT molecular complexity index is 447. The number of nitrogens with two attached hydrogens (primary N) is 1. The molecular weight excluding hydrogens is 230 g/mol. The van der Waals surface area contributed by atoms with Crippen LogP contribution >= 0.6 is 0 Å². The van der Waals surface area contributed by atoms with Gasteiger partial charge in [0, 0.05) is 5.56 Å². The molecule has 4 nitrogen and oxygen atoms in total. The minimum atomic E-state index is -1.22. The number of rotatable bonds is 4. The highest BCUT2D eigenvalue weighted by molar-refractivity contribution is 5.45. The van der Waals surface area contributed by atoms with Crippen LogP contribution in [0.2, 0.25) is 0 Å². The van der Waals surface area contributed by atoms with Gasteiger partial charge >= 0.3 is 0 Å². The largest absolute Gasteiger partial charge is 0.330 e. The van der Waals surface area contributed by atoms with E-state index >= 15 is 0 Å². The molecule has 0 unspecified atom stereocenters. The topological polar surface area (TPSA) is 69.2 Å². The van der Waals surface area contributed by atoms with Crippen LogP contribution < -0.4 is 5.73 Å². The summed E-state index contributed by atoms with van der Waals surface area (Å²) in [7, 11) is 0. The molecule has 0 aromatic heterocycles. The Morgan fingerprint density at radius 1 is 1.35 bits per heavy atom. The molecular formula is C11H14F2N2O2. The number of halogens is 2. The molecule has 0 aliphatic carbocycles. The monoisotopic (exact) mass is 244 g/mol. The van der Waals surface area contributed by atoms with Gasteiger partial charge in [-0.05, 0) is 24.4 Å². The number of nitro groups is 1. The SMILES string of the molecule is CC(C)(CCN)c1cc(F)c(F)cc1[N+](=O)[O-]. The molecule has 0 fully saturated rings. The Labute approximate surface area is 97.6 Å². The summed E-state index contributed by atoms with van der Waals surface area (Å²) in [5.41, 5.74) is 4.48. The molecule has 0 aliphatic rings. The number of hydrogen-bond acceptors (Lipinski definition) is 3. The molecule has 17 heavy (non-hydrogen) atoms. The molecule has 0 radical (unpaired) electrons. The van der Waals surface area contributed by atoms with Crippen molar-refractivity contribution in [1.29, 1.82) is 0 Å². The van der Waals surface area contributed by atoms with E-state index in [-0.39, 0.29) is 5.56 Å². The van der Waals surface area contributed by atoms with E-state index in [1.807, 2.05) is 0 Å². The smallest absolute Gasteiger partial charge is 0.276 e. The minimum Gasteiger partial charge on any atom is -0.330 e. The van der Waals surface area contributed by atoms with Gasteiger partial charge in [0.05, 0.1) is 11.0 Å². The fourth-order valence-electron chi connectivity index (χ4n) is 1.72. The fraction of sp³-hybridized carbons (Fsp3) is 0.455. The highest BCUT2D eigenvalue weighted by Crippen LogP contribution is 2.35. The van der Waals surface area contributed by atoms with Crippen molar-refractivity contribution in [3.05, 3.63) is 39.4 Å². The molecule has 0 heterocycles. The summed E-state index contributed by atoms with van der Waals surface area (Å²) in [4.78, 5) is 10.1. The maximum Gasteiger partial charge on any atom is 0.276 e. The Balaban J connectivity index is 3.40. The summed E-state index contributed by atoms with van der Waals surface area (Å²) in [5.74, 6) is -2.31. The number of hydrogen-bond donors (Lipinski definition) is 1. The normalized spacial score (nSPS) is 11.6. The lowest BCUT2D eigenvalue weighted by atomic mass is 9.80. The van der Waals surface area contributed by atoms with E-state index < -0.39 is 27.7 Å². The van der Waals surface area contributed by atoms with Crippen molar-refractivity contribution in [1.82, 2.24) is 0 Å². The van der Waals surface area contributed by atoms with Gasteiger partial charge in [-0.1, -0.05) is 13.8 Å².